The van der Waals surface area contributed by atoms with E-state index in [9.17, 15) is 4.79 Å². The molecule has 0 aliphatic carbocycles. The predicted octanol–water partition coefficient (Wildman–Crippen LogP) is 2.94. The first-order valence-corrected chi connectivity index (χ1v) is 8.24. The van der Waals surface area contributed by atoms with Gasteiger partial charge in [0.2, 0.25) is 0 Å². The molecule has 0 fully saturated rings. The topological polar surface area (TPSA) is 68.0 Å². The first-order valence-electron chi connectivity index (χ1n) is 7.36. The van der Waals surface area contributed by atoms with Gasteiger partial charge in [0.15, 0.2) is 5.65 Å². The molecule has 0 aliphatic rings. The molecule has 0 aromatic carbocycles. The zero-order chi connectivity index (χ0) is 16.0. The van der Waals surface area contributed by atoms with Gasteiger partial charge in [-0.1, -0.05) is 6.07 Å². The summed E-state index contributed by atoms with van der Waals surface area (Å²) >= 11 is 1.63. The SMILES string of the molecule is CCn1cc(-c2cc(=O)n3[nH]c(-c4cccs4)c(C)c3n2)cn1. The third kappa shape index (κ3) is 2.20. The molecule has 1 N–H and O–H groups in total. The largest absolute Gasteiger partial charge is 0.288 e. The smallest absolute Gasteiger partial charge is 0.273 e. The summed E-state index contributed by atoms with van der Waals surface area (Å²) < 4.78 is 3.32. The fourth-order valence-corrected chi connectivity index (χ4v) is 3.40. The van der Waals surface area contributed by atoms with Crippen LogP contribution in [0.3, 0.4) is 0 Å². The molecule has 0 atom stereocenters. The third-order valence-corrected chi connectivity index (χ3v) is 4.76. The lowest BCUT2D eigenvalue weighted by Crippen LogP contribution is -2.14. The third-order valence-electron chi connectivity index (χ3n) is 3.87. The Morgan fingerprint density at radius 2 is 2.26 bits per heavy atom. The maximum absolute atomic E-state index is 12.5. The van der Waals surface area contributed by atoms with Gasteiger partial charge < -0.3 is 0 Å². The number of fused-ring (bicyclic) bond motifs is 1. The van der Waals surface area contributed by atoms with Gasteiger partial charge in [0.25, 0.3) is 5.56 Å². The van der Waals surface area contributed by atoms with E-state index >= 15 is 0 Å². The first kappa shape index (κ1) is 14.0. The Kier molecular flexibility index (Phi) is 3.16. The van der Waals surface area contributed by atoms with Crippen LogP contribution in [-0.4, -0.2) is 24.4 Å². The molecular formula is C16H15N5OS. The molecule has 4 aromatic rings. The maximum Gasteiger partial charge on any atom is 0.273 e. The Hall–Kier alpha value is -2.67. The summed E-state index contributed by atoms with van der Waals surface area (Å²) in [6, 6.07) is 5.56. The van der Waals surface area contributed by atoms with Crippen LogP contribution in [0, 0.1) is 6.92 Å². The van der Waals surface area contributed by atoms with Crippen molar-refractivity contribution in [2.45, 2.75) is 20.4 Å². The molecule has 0 spiro atoms. The number of aromatic amines is 1. The van der Waals surface area contributed by atoms with Crippen molar-refractivity contribution < 1.29 is 0 Å². The van der Waals surface area contributed by atoms with Crippen molar-refractivity contribution in [3.05, 3.63) is 51.9 Å². The molecule has 0 saturated carbocycles. The summed E-state index contributed by atoms with van der Waals surface area (Å²) in [5, 5.41) is 9.43. The van der Waals surface area contributed by atoms with Crippen molar-refractivity contribution in [2.75, 3.05) is 0 Å². The molecule has 0 radical (unpaired) electrons. The first-order chi connectivity index (χ1) is 11.2. The van der Waals surface area contributed by atoms with Crippen LogP contribution >= 0.6 is 11.3 Å². The molecule has 7 heteroatoms. The van der Waals surface area contributed by atoms with E-state index < -0.39 is 0 Å². The van der Waals surface area contributed by atoms with Gasteiger partial charge in [-0.2, -0.15) is 5.10 Å². The van der Waals surface area contributed by atoms with Gasteiger partial charge in [-0.25, -0.2) is 9.50 Å². The maximum atomic E-state index is 12.5. The molecular weight excluding hydrogens is 310 g/mol. The lowest BCUT2D eigenvalue weighted by molar-refractivity contribution is 0.660. The number of hydrogen-bond acceptors (Lipinski definition) is 4. The lowest BCUT2D eigenvalue weighted by Gasteiger charge is -1.98. The van der Waals surface area contributed by atoms with Gasteiger partial charge in [-0.05, 0) is 25.3 Å². The van der Waals surface area contributed by atoms with Crippen molar-refractivity contribution in [3.63, 3.8) is 0 Å². The minimum Gasteiger partial charge on any atom is -0.288 e. The second kappa shape index (κ2) is 5.20. The normalized spacial score (nSPS) is 11.4. The van der Waals surface area contributed by atoms with Gasteiger partial charge in [0.1, 0.15) is 0 Å². The molecule has 4 rings (SSSR count). The number of nitrogens with one attached hydrogen (secondary N) is 1. The average molecular weight is 325 g/mol. The number of thiophene rings is 1. The van der Waals surface area contributed by atoms with Gasteiger partial charge in [-0.15, -0.1) is 11.3 Å². The molecule has 23 heavy (non-hydrogen) atoms. The summed E-state index contributed by atoms with van der Waals surface area (Å²) in [4.78, 5) is 18.2. The minimum atomic E-state index is -0.125. The number of nitrogens with zero attached hydrogens (tertiary/aromatic N) is 4. The Morgan fingerprint density at radius 3 is 2.96 bits per heavy atom. The number of aromatic nitrogens is 5. The standard InChI is InChI=1S/C16H15N5OS/c1-3-20-9-11(8-17-20)12-7-14(22)21-16(18-12)10(2)15(19-21)13-5-4-6-23-13/h4-9,19H,3H2,1-2H3. The fourth-order valence-electron chi connectivity index (χ4n) is 2.63. The van der Waals surface area contributed by atoms with Crippen LogP contribution < -0.4 is 5.56 Å². The Morgan fingerprint density at radius 1 is 1.39 bits per heavy atom. The van der Waals surface area contributed by atoms with Crippen LogP contribution in [-0.2, 0) is 6.54 Å². The molecule has 0 amide bonds. The van der Waals surface area contributed by atoms with Crippen LogP contribution in [0.25, 0.3) is 27.5 Å². The highest BCUT2D eigenvalue weighted by Gasteiger charge is 2.15. The van der Waals surface area contributed by atoms with Crippen LogP contribution in [0.1, 0.15) is 12.5 Å². The fraction of sp³-hybridized carbons (Fsp3) is 0.188. The Labute approximate surface area is 136 Å². The number of aryl methyl sites for hydroxylation is 2. The lowest BCUT2D eigenvalue weighted by atomic mass is 10.2. The Bertz CT molecular complexity index is 1040. The van der Waals surface area contributed by atoms with Crippen molar-refractivity contribution in [1.29, 1.82) is 0 Å². The van der Waals surface area contributed by atoms with Crippen LogP contribution in [0.5, 0.6) is 0 Å². The van der Waals surface area contributed by atoms with Crippen molar-refractivity contribution in [1.82, 2.24) is 24.4 Å². The highest BCUT2D eigenvalue weighted by atomic mass is 32.1. The van der Waals surface area contributed by atoms with Gasteiger partial charge in [0.05, 0.1) is 22.5 Å². The van der Waals surface area contributed by atoms with Gasteiger partial charge >= 0.3 is 0 Å². The molecule has 116 valence electrons. The summed E-state index contributed by atoms with van der Waals surface area (Å²) in [7, 11) is 0. The molecule has 0 saturated heterocycles. The zero-order valence-corrected chi connectivity index (χ0v) is 13.6. The zero-order valence-electron chi connectivity index (χ0n) is 12.8. The van der Waals surface area contributed by atoms with Crippen molar-refractivity contribution >= 4 is 17.0 Å². The van der Waals surface area contributed by atoms with E-state index in [1.807, 2.05) is 42.2 Å². The van der Waals surface area contributed by atoms with Gasteiger partial charge in [0, 0.05) is 29.9 Å². The average Bonchev–Trinajstić information content (AvgIpc) is 3.27. The van der Waals surface area contributed by atoms with Crippen LogP contribution in [0.4, 0.5) is 0 Å². The van der Waals surface area contributed by atoms with E-state index in [1.54, 1.807) is 17.5 Å². The second-order valence-corrected chi connectivity index (χ2v) is 6.26. The second-order valence-electron chi connectivity index (χ2n) is 5.31. The van der Waals surface area contributed by atoms with E-state index in [1.165, 1.54) is 10.6 Å². The summed E-state index contributed by atoms with van der Waals surface area (Å²) in [6.45, 7) is 4.78. The summed E-state index contributed by atoms with van der Waals surface area (Å²) in [6.07, 6.45) is 3.64. The molecule has 0 unspecified atom stereocenters. The van der Waals surface area contributed by atoms with Crippen LogP contribution in [0.2, 0.25) is 0 Å². The van der Waals surface area contributed by atoms with Crippen LogP contribution in [0.15, 0.2) is 40.8 Å². The Balaban J connectivity index is 1.93. The van der Waals surface area contributed by atoms with E-state index in [0.717, 1.165) is 28.2 Å². The monoisotopic (exact) mass is 325 g/mol. The molecule has 0 aliphatic heterocycles. The highest BCUT2D eigenvalue weighted by molar-refractivity contribution is 7.13. The van der Waals surface area contributed by atoms with Crippen molar-refractivity contribution in [3.8, 4) is 21.8 Å². The molecule has 0 bridgehead atoms. The molecule has 6 nitrogen and oxygen atoms in total. The number of hydrogen-bond donors (Lipinski definition) is 1. The summed E-state index contributed by atoms with van der Waals surface area (Å²) in [5.41, 5.74) is 3.93. The molecule has 4 heterocycles. The quantitative estimate of drug-likeness (QED) is 0.630. The van der Waals surface area contributed by atoms with E-state index in [2.05, 4.69) is 15.2 Å². The minimum absolute atomic E-state index is 0.125. The summed E-state index contributed by atoms with van der Waals surface area (Å²) in [5.74, 6) is 0. The van der Waals surface area contributed by atoms with E-state index in [0.29, 0.717) is 11.3 Å². The highest BCUT2D eigenvalue weighted by Crippen LogP contribution is 2.28. The number of rotatable bonds is 3. The van der Waals surface area contributed by atoms with Gasteiger partial charge in [-0.3, -0.25) is 14.6 Å². The van der Waals surface area contributed by atoms with E-state index in [4.69, 9.17) is 0 Å². The number of H-pyrrole nitrogens is 1. The van der Waals surface area contributed by atoms with Crippen molar-refractivity contribution in [2.24, 2.45) is 0 Å². The predicted molar refractivity (Wildman–Crippen MR) is 90.8 cm³/mol. The molecule has 4 aromatic heterocycles. The van der Waals surface area contributed by atoms with E-state index in [-0.39, 0.29) is 5.56 Å².